The van der Waals surface area contributed by atoms with Gasteiger partial charge in [0.2, 0.25) is 11.8 Å². The molecule has 1 unspecified atom stereocenters. The molecular formula is C17H22N2O3S. The summed E-state index contributed by atoms with van der Waals surface area (Å²) in [6, 6.07) is 9.29. The van der Waals surface area contributed by atoms with Crippen molar-refractivity contribution in [3.05, 3.63) is 35.9 Å². The molecule has 3 rings (SSSR count). The van der Waals surface area contributed by atoms with Crippen molar-refractivity contribution in [1.29, 1.82) is 0 Å². The zero-order chi connectivity index (χ0) is 16.4. The lowest BCUT2D eigenvalue weighted by Crippen LogP contribution is -2.52. The molecule has 2 amide bonds. The van der Waals surface area contributed by atoms with Crippen LogP contribution in [0.1, 0.15) is 25.3 Å². The van der Waals surface area contributed by atoms with E-state index >= 15 is 0 Å². The molecule has 2 heterocycles. The second kappa shape index (κ2) is 6.53. The minimum Gasteiger partial charge on any atom is -0.385 e. The summed E-state index contributed by atoms with van der Waals surface area (Å²) in [5.41, 5.74) is 0.0526. The van der Waals surface area contributed by atoms with Gasteiger partial charge in [-0.2, -0.15) is 0 Å². The molecule has 2 aliphatic rings. The number of rotatable bonds is 2. The summed E-state index contributed by atoms with van der Waals surface area (Å²) in [5, 5.41) is 10.8. The molecule has 0 bridgehead atoms. The first-order valence-electron chi connectivity index (χ1n) is 7.93. The van der Waals surface area contributed by atoms with E-state index in [1.807, 2.05) is 30.3 Å². The summed E-state index contributed by atoms with van der Waals surface area (Å²) in [6.45, 7) is 2.56. The van der Waals surface area contributed by atoms with Crippen molar-refractivity contribution in [1.82, 2.24) is 9.80 Å². The fraction of sp³-hybridized carbons (Fsp3) is 0.529. The van der Waals surface area contributed by atoms with Gasteiger partial charge in [-0.25, -0.2) is 0 Å². The summed E-state index contributed by atoms with van der Waals surface area (Å²) >= 11 is 1.62. The van der Waals surface area contributed by atoms with Gasteiger partial charge >= 0.3 is 0 Å². The number of likely N-dealkylation sites (tertiary alicyclic amines) is 1. The average molecular weight is 334 g/mol. The topological polar surface area (TPSA) is 60.9 Å². The van der Waals surface area contributed by atoms with Crippen LogP contribution in [0.5, 0.6) is 0 Å². The van der Waals surface area contributed by atoms with Crippen LogP contribution in [0, 0.1) is 0 Å². The van der Waals surface area contributed by atoms with Gasteiger partial charge in [-0.1, -0.05) is 30.3 Å². The molecule has 1 N–H and O–H groups in total. The molecule has 2 saturated heterocycles. The van der Waals surface area contributed by atoms with Gasteiger partial charge in [-0.05, 0) is 18.4 Å². The Morgan fingerprint density at radius 3 is 2.48 bits per heavy atom. The second-order valence-corrected chi connectivity index (χ2v) is 7.23. The quantitative estimate of drug-likeness (QED) is 0.888. The van der Waals surface area contributed by atoms with E-state index < -0.39 is 5.60 Å². The molecule has 1 atom stereocenters. The van der Waals surface area contributed by atoms with Crippen LogP contribution in [0.4, 0.5) is 0 Å². The van der Waals surface area contributed by atoms with E-state index in [-0.39, 0.29) is 17.9 Å². The zero-order valence-corrected chi connectivity index (χ0v) is 14.1. The van der Waals surface area contributed by atoms with Crippen molar-refractivity contribution in [3.63, 3.8) is 0 Å². The number of piperidine rings is 1. The summed E-state index contributed by atoms with van der Waals surface area (Å²) < 4.78 is 0. The molecule has 0 aromatic heterocycles. The van der Waals surface area contributed by atoms with Gasteiger partial charge in [0.15, 0.2) is 0 Å². The fourth-order valence-electron chi connectivity index (χ4n) is 3.30. The van der Waals surface area contributed by atoms with Crippen LogP contribution in [-0.4, -0.2) is 57.5 Å². The van der Waals surface area contributed by atoms with Crippen LogP contribution in [0.25, 0.3) is 0 Å². The van der Waals surface area contributed by atoms with Crippen molar-refractivity contribution in [2.75, 3.05) is 24.7 Å². The Labute approximate surface area is 140 Å². The third kappa shape index (κ3) is 3.23. The number of amides is 2. The monoisotopic (exact) mass is 334 g/mol. The van der Waals surface area contributed by atoms with E-state index in [0.717, 1.165) is 5.56 Å². The average Bonchev–Trinajstić information content (AvgIpc) is 3.06. The van der Waals surface area contributed by atoms with Gasteiger partial charge < -0.3 is 14.9 Å². The van der Waals surface area contributed by atoms with Gasteiger partial charge in [0, 0.05) is 25.8 Å². The van der Waals surface area contributed by atoms with E-state index in [4.69, 9.17) is 0 Å². The predicted octanol–water partition coefficient (Wildman–Crippen LogP) is 1.42. The van der Waals surface area contributed by atoms with E-state index in [0.29, 0.717) is 37.6 Å². The molecule has 23 heavy (non-hydrogen) atoms. The number of carbonyl (C=O) groups excluding carboxylic acids is 2. The minimum absolute atomic E-state index is 0.0142. The van der Waals surface area contributed by atoms with Gasteiger partial charge in [0.05, 0.1) is 11.5 Å². The minimum atomic E-state index is -0.858. The van der Waals surface area contributed by atoms with Gasteiger partial charge in [-0.3, -0.25) is 9.59 Å². The number of nitrogens with zero attached hydrogens (tertiary/aromatic N) is 2. The van der Waals surface area contributed by atoms with Gasteiger partial charge in [0.25, 0.3) is 0 Å². The normalized spacial score (nSPS) is 23.8. The largest absolute Gasteiger partial charge is 0.385 e. The Balaban J connectivity index is 1.65. The van der Waals surface area contributed by atoms with Crippen LogP contribution in [-0.2, 0) is 15.2 Å². The van der Waals surface area contributed by atoms with Crippen LogP contribution in [0.15, 0.2) is 30.3 Å². The van der Waals surface area contributed by atoms with E-state index in [9.17, 15) is 14.7 Å². The highest BCUT2D eigenvalue weighted by atomic mass is 32.2. The number of thioether (sulfide) groups is 1. The maximum absolute atomic E-state index is 12.7. The Morgan fingerprint density at radius 2 is 1.87 bits per heavy atom. The van der Waals surface area contributed by atoms with Crippen molar-refractivity contribution in [2.24, 2.45) is 0 Å². The second-order valence-electron chi connectivity index (χ2n) is 6.23. The standard InChI is InChI=1S/C17H22N2O3S/c1-13(20)19-12-23-11-15(19)16(21)18-9-7-17(22,8-10-18)14-5-3-2-4-6-14/h2-6,15,22H,7-12H2,1H3. The number of hydrogen-bond acceptors (Lipinski definition) is 4. The summed E-state index contributed by atoms with van der Waals surface area (Å²) in [7, 11) is 0. The molecule has 0 spiro atoms. The number of aliphatic hydroxyl groups is 1. The van der Waals surface area contributed by atoms with Crippen LogP contribution in [0.2, 0.25) is 0 Å². The first-order valence-corrected chi connectivity index (χ1v) is 9.08. The molecule has 5 nitrogen and oxygen atoms in total. The van der Waals surface area contributed by atoms with Crippen molar-refractivity contribution >= 4 is 23.6 Å². The molecule has 2 aliphatic heterocycles. The lowest BCUT2D eigenvalue weighted by atomic mass is 9.84. The summed E-state index contributed by atoms with van der Waals surface area (Å²) in [6.07, 6.45) is 1.06. The predicted molar refractivity (Wildman–Crippen MR) is 89.8 cm³/mol. The molecule has 124 valence electrons. The van der Waals surface area contributed by atoms with E-state index in [1.165, 1.54) is 6.92 Å². The van der Waals surface area contributed by atoms with Crippen molar-refractivity contribution in [3.8, 4) is 0 Å². The number of carbonyl (C=O) groups is 2. The highest BCUT2D eigenvalue weighted by Crippen LogP contribution is 2.33. The smallest absolute Gasteiger partial charge is 0.246 e. The Hall–Kier alpha value is -1.53. The Morgan fingerprint density at radius 1 is 1.22 bits per heavy atom. The van der Waals surface area contributed by atoms with Crippen molar-refractivity contribution in [2.45, 2.75) is 31.4 Å². The van der Waals surface area contributed by atoms with Crippen LogP contribution < -0.4 is 0 Å². The number of benzene rings is 1. The van der Waals surface area contributed by atoms with Crippen LogP contribution >= 0.6 is 11.8 Å². The first-order chi connectivity index (χ1) is 11.0. The molecule has 6 heteroatoms. The third-order valence-corrected chi connectivity index (χ3v) is 5.80. The molecule has 0 saturated carbocycles. The third-order valence-electron chi connectivity index (χ3n) is 4.79. The lowest BCUT2D eigenvalue weighted by molar-refractivity contribution is -0.145. The molecule has 0 aliphatic carbocycles. The van der Waals surface area contributed by atoms with E-state index in [2.05, 4.69) is 0 Å². The maximum Gasteiger partial charge on any atom is 0.246 e. The highest BCUT2D eigenvalue weighted by molar-refractivity contribution is 7.99. The van der Waals surface area contributed by atoms with Gasteiger partial charge in [-0.15, -0.1) is 11.8 Å². The van der Waals surface area contributed by atoms with Gasteiger partial charge in [0.1, 0.15) is 6.04 Å². The molecule has 0 radical (unpaired) electrons. The Kier molecular flexibility index (Phi) is 4.64. The highest BCUT2D eigenvalue weighted by Gasteiger charge is 2.40. The van der Waals surface area contributed by atoms with Crippen molar-refractivity contribution < 1.29 is 14.7 Å². The Bertz CT molecular complexity index is 585. The first kappa shape index (κ1) is 16.3. The molecule has 1 aromatic carbocycles. The molecule has 1 aromatic rings. The summed E-state index contributed by atoms with van der Waals surface area (Å²) in [5.74, 6) is 1.22. The SMILES string of the molecule is CC(=O)N1CSCC1C(=O)N1CCC(O)(c2ccccc2)CC1. The summed E-state index contributed by atoms with van der Waals surface area (Å²) in [4.78, 5) is 27.8. The van der Waals surface area contributed by atoms with Crippen LogP contribution in [0.3, 0.4) is 0 Å². The molecule has 2 fully saturated rings. The fourth-order valence-corrected chi connectivity index (χ4v) is 4.51. The van der Waals surface area contributed by atoms with E-state index in [1.54, 1.807) is 21.6 Å². The molecular weight excluding hydrogens is 312 g/mol. The maximum atomic E-state index is 12.7. The number of hydrogen-bond donors (Lipinski definition) is 1. The lowest BCUT2D eigenvalue weighted by Gasteiger charge is -2.40. The zero-order valence-electron chi connectivity index (χ0n) is 13.3.